The maximum absolute atomic E-state index is 13.5. The molecule has 0 aromatic rings. The number of nitrogens with two attached hydrogens (primary N) is 3. The first-order valence-corrected chi connectivity index (χ1v) is 15.2. The highest BCUT2D eigenvalue weighted by Crippen LogP contribution is 2.09. The van der Waals surface area contributed by atoms with Gasteiger partial charge in [-0.1, -0.05) is 0 Å². The zero-order chi connectivity index (χ0) is 32.2. The maximum Gasteiger partial charge on any atom is 0.289 e. The average Bonchev–Trinajstić information content (AvgIpc) is 2.94. The number of guanidine groups is 1. The molecule has 15 heteroatoms. The lowest BCUT2D eigenvalue weighted by Gasteiger charge is -2.25. The summed E-state index contributed by atoms with van der Waals surface area (Å²) in [5, 5.41) is 13.5. The number of aliphatic imine (C=N–C) groups is 1. The molecule has 1 heterocycles. The second-order valence-electron chi connectivity index (χ2n) is 11.0. The number of nitrogens with zero attached hydrogens (tertiary/aromatic N) is 1. The van der Waals surface area contributed by atoms with Crippen LogP contribution in [0.2, 0.25) is 0 Å². The predicted octanol–water partition coefficient (Wildman–Crippen LogP) is -1.42. The Morgan fingerprint density at radius 1 is 0.860 bits per heavy atom. The Balaban J connectivity index is 3.27. The fourth-order valence-corrected chi connectivity index (χ4v) is 4.47. The highest BCUT2D eigenvalue weighted by Gasteiger charge is 2.31. The Hall–Kier alpha value is -3.75. The van der Waals surface area contributed by atoms with E-state index in [1.54, 1.807) is 13.8 Å². The SMILES string of the molecule is CC(C)NC(=O)C(=O)[C@@H]1CCCCNC(=O)CCCCC(=O)N[C@@H](CCCCN)C(=O)N[C@@H](CCCN=C(N)N)C(=O)N1. The number of carbonyl (C=O) groups is 6. The minimum atomic E-state index is -1.15. The number of nitrogens with one attached hydrogen (secondary N) is 5. The fraction of sp³-hybridized carbons (Fsp3) is 0.750. The van der Waals surface area contributed by atoms with Gasteiger partial charge in [0.1, 0.15) is 12.1 Å². The summed E-state index contributed by atoms with van der Waals surface area (Å²) in [7, 11) is 0. The van der Waals surface area contributed by atoms with Crippen LogP contribution < -0.4 is 43.8 Å². The Morgan fingerprint density at radius 2 is 1.49 bits per heavy atom. The van der Waals surface area contributed by atoms with E-state index in [0.717, 1.165) is 0 Å². The maximum atomic E-state index is 13.5. The van der Waals surface area contributed by atoms with Gasteiger partial charge in [-0.2, -0.15) is 0 Å². The highest BCUT2D eigenvalue weighted by molar-refractivity contribution is 6.38. The molecule has 0 aliphatic carbocycles. The Bertz CT molecular complexity index is 968. The van der Waals surface area contributed by atoms with E-state index in [9.17, 15) is 28.8 Å². The van der Waals surface area contributed by atoms with Gasteiger partial charge < -0.3 is 43.8 Å². The molecule has 5 amide bonds. The summed E-state index contributed by atoms with van der Waals surface area (Å²) in [4.78, 5) is 81.2. The minimum Gasteiger partial charge on any atom is -0.370 e. The van der Waals surface area contributed by atoms with Crippen LogP contribution in [-0.4, -0.2) is 85.1 Å². The molecule has 0 spiro atoms. The van der Waals surface area contributed by atoms with Crippen LogP contribution in [0, 0.1) is 0 Å². The molecule has 0 radical (unpaired) electrons. The number of hydrogen-bond acceptors (Lipinski definition) is 8. The lowest BCUT2D eigenvalue weighted by Crippen LogP contribution is -2.57. The van der Waals surface area contributed by atoms with E-state index in [2.05, 4.69) is 31.6 Å². The minimum absolute atomic E-state index is 0.116. The van der Waals surface area contributed by atoms with Crippen LogP contribution in [0.15, 0.2) is 4.99 Å². The second-order valence-corrected chi connectivity index (χ2v) is 11.0. The molecule has 0 aromatic heterocycles. The molecule has 0 unspecified atom stereocenters. The quantitative estimate of drug-likeness (QED) is 0.0591. The van der Waals surface area contributed by atoms with Gasteiger partial charge in [0.25, 0.3) is 5.91 Å². The predicted molar refractivity (Wildman–Crippen MR) is 162 cm³/mol. The van der Waals surface area contributed by atoms with Gasteiger partial charge in [-0.25, -0.2) is 0 Å². The molecule has 0 aromatic carbocycles. The van der Waals surface area contributed by atoms with Crippen molar-refractivity contribution in [3.05, 3.63) is 0 Å². The standard InChI is InChI=1S/C28H51N9O6/c1-18(2)34-27(43)24(40)19-10-6-8-16-32-22(38)13-3-4-14-23(39)35-20(11-5-7-15-29)25(41)37-21(26(42)36-19)12-9-17-33-28(30)31/h18-21H,3-17,29H2,1-2H3,(H,32,38)(H,34,43)(H,35,39)(H,36,42)(H,37,41)(H4,30,31,33)/t19-,20-,21-/m0/s1. The number of Topliss-reactive ketones (excluding diaryl/α,β-unsaturated/α-hetero) is 1. The molecule has 1 saturated heterocycles. The lowest BCUT2D eigenvalue weighted by atomic mass is 10.0. The van der Waals surface area contributed by atoms with Crippen molar-refractivity contribution in [2.45, 2.75) is 115 Å². The summed E-state index contributed by atoms with van der Waals surface area (Å²) >= 11 is 0. The van der Waals surface area contributed by atoms with Crippen molar-refractivity contribution >= 4 is 41.3 Å². The summed E-state index contributed by atoms with van der Waals surface area (Å²) < 4.78 is 0. The van der Waals surface area contributed by atoms with Crippen LogP contribution >= 0.6 is 0 Å². The van der Waals surface area contributed by atoms with Crippen molar-refractivity contribution in [3.63, 3.8) is 0 Å². The molecule has 1 aliphatic rings. The molecule has 0 saturated carbocycles. The zero-order valence-electron chi connectivity index (χ0n) is 25.5. The summed E-state index contributed by atoms with van der Waals surface area (Å²) in [6.45, 7) is 4.40. The topological polar surface area (TPSA) is 253 Å². The van der Waals surface area contributed by atoms with Crippen molar-refractivity contribution in [1.82, 2.24) is 26.6 Å². The normalized spacial score (nSPS) is 21.6. The molecule has 244 valence electrons. The van der Waals surface area contributed by atoms with Crippen LogP contribution in [-0.2, 0) is 28.8 Å². The van der Waals surface area contributed by atoms with Crippen LogP contribution in [0.25, 0.3) is 0 Å². The molecule has 3 atom stereocenters. The van der Waals surface area contributed by atoms with Gasteiger partial charge in [0.15, 0.2) is 5.96 Å². The molecule has 1 aliphatic heterocycles. The number of rotatable bonds is 11. The molecule has 1 rings (SSSR count). The van der Waals surface area contributed by atoms with Gasteiger partial charge in [-0.05, 0) is 84.6 Å². The first kappa shape index (κ1) is 37.3. The van der Waals surface area contributed by atoms with E-state index < -0.39 is 41.6 Å². The Kier molecular flexibility index (Phi) is 18.2. The first-order chi connectivity index (χ1) is 20.4. The molecule has 11 N–H and O–H groups in total. The van der Waals surface area contributed by atoms with Crippen molar-refractivity contribution < 1.29 is 28.8 Å². The second kappa shape index (κ2) is 21.0. The first-order valence-electron chi connectivity index (χ1n) is 15.2. The van der Waals surface area contributed by atoms with Gasteiger partial charge in [0.05, 0.1) is 6.04 Å². The largest absolute Gasteiger partial charge is 0.370 e. The number of unbranched alkanes of at least 4 members (excludes halogenated alkanes) is 1. The van der Waals surface area contributed by atoms with Crippen molar-refractivity contribution in [2.75, 3.05) is 19.6 Å². The van der Waals surface area contributed by atoms with Crippen LogP contribution in [0.3, 0.4) is 0 Å². The van der Waals surface area contributed by atoms with Crippen molar-refractivity contribution in [1.29, 1.82) is 0 Å². The number of ketones is 1. The molecule has 43 heavy (non-hydrogen) atoms. The summed E-state index contributed by atoms with van der Waals surface area (Å²) in [5.41, 5.74) is 16.4. The number of amides is 5. The zero-order valence-corrected chi connectivity index (χ0v) is 25.5. The van der Waals surface area contributed by atoms with Crippen LogP contribution in [0.1, 0.15) is 90.9 Å². The summed E-state index contributed by atoms with van der Waals surface area (Å²) in [5.74, 6) is -3.48. The molecule has 1 fully saturated rings. The van der Waals surface area contributed by atoms with Gasteiger partial charge >= 0.3 is 0 Å². The monoisotopic (exact) mass is 609 g/mol. The number of hydrogen-bond donors (Lipinski definition) is 8. The third-order valence-corrected chi connectivity index (χ3v) is 6.75. The van der Waals surface area contributed by atoms with E-state index in [0.29, 0.717) is 64.5 Å². The van der Waals surface area contributed by atoms with Crippen LogP contribution in [0.4, 0.5) is 0 Å². The third kappa shape index (κ3) is 16.5. The average molecular weight is 610 g/mol. The van der Waals surface area contributed by atoms with Gasteiger partial charge in [-0.3, -0.25) is 33.8 Å². The van der Waals surface area contributed by atoms with E-state index >= 15 is 0 Å². The van der Waals surface area contributed by atoms with Gasteiger partial charge in [0, 0.05) is 32.0 Å². The van der Waals surface area contributed by atoms with Crippen LogP contribution in [0.5, 0.6) is 0 Å². The van der Waals surface area contributed by atoms with E-state index in [4.69, 9.17) is 17.2 Å². The summed E-state index contributed by atoms with van der Waals surface area (Å²) in [6.07, 6.45) is 4.43. The third-order valence-electron chi connectivity index (χ3n) is 6.75. The Morgan fingerprint density at radius 3 is 2.14 bits per heavy atom. The molecular weight excluding hydrogens is 558 g/mol. The molecular formula is C28H51N9O6. The molecule has 0 bridgehead atoms. The smallest absolute Gasteiger partial charge is 0.289 e. The lowest BCUT2D eigenvalue weighted by molar-refractivity contribution is -0.141. The van der Waals surface area contributed by atoms with Gasteiger partial charge in [-0.15, -0.1) is 0 Å². The van der Waals surface area contributed by atoms with Gasteiger partial charge in [0.2, 0.25) is 29.4 Å². The van der Waals surface area contributed by atoms with E-state index in [-0.39, 0.29) is 56.0 Å². The molecule has 15 nitrogen and oxygen atoms in total. The highest BCUT2D eigenvalue weighted by atomic mass is 16.2. The Labute approximate surface area is 253 Å². The summed E-state index contributed by atoms with van der Waals surface area (Å²) in [6, 6.07) is -3.46. The van der Waals surface area contributed by atoms with Crippen molar-refractivity contribution in [2.24, 2.45) is 22.2 Å². The van der Waals surface area contributed by atoms with Crippen molar-refractivity contribution in [3.8, 4) is 0 Å². The number of carbonyl (C=O) groups excluding carboxylic acids is 6. The fourth-order valence-electron chi connectivity index (χ4n) is 4.47. The van der Waals surface area contributed by atoms with E-state index in [1.807, 2.05) is 0 Å². The van der Waals surface area contributed by atoms with E-state index in [1.165, 1.54) is 0 Å².